The van der Waals surface area contributed by atoms with Gasteiger partial charge in [-0.2, -0.15) is 0 Å². The van der Waals surface area contributed by atoms with Crippen LogP contribution in [0.5, 0.6) is 5.75 Å². The highest BCUT2D eigenvalue weighted by molar-refractivity contribution is 6.10. The Morgan fingerprint density at radius 3 is 2.63 bits per heavy atom. The first-order valence-corrected chi connectivity index (χ1v) is 13.5. The van der Waals surface area contributed by atoms with Gasteiger partial charge >= 0.3 is 0 Å². The van der Waals surface area contributed by atoms with Crippen LogP contribution in [0, 0.1) is 52.8 Å². The van der Waals surface area contributed by atoms with Crippen molar-refractivity contribution in [3.8, 4) is 5.75 Å². The fraction of sp³-hybridized carbons (Fsp3) is 0.600. The molecular weight excluding hydrogens is 438 g/mol. The molecule has 1 aromatic carbocycles. The number of amides is 1. The number of aliphatic hydroxyl groups is 1. The van der Waals surface area contributed by atoms with Gasteiger partial charge in [0.25, 0.3) is 0 Å². The third-order valence-electron chi connectivity index (χ3n) is 10.8. The van der Waals surface area contributed by atoms with Gasteiger partial charge < -0.3 is 15.2 Å². The minimum Gasteiger partial charge on any atom is -0.490 e. The van der Waals surface area contributed by atoms with Gasteiger partial charge in [0.15, 0.2) is 5.78 Å². The summed E-state index contributed by atoms with van der Waals surface area (Å²) in [5.74, 6) is 1.50. The average molecular weight is 474 g/mol. The second kappa shape index (κ2) is 7.32. The highest BCUT2D eigenvalue weighted by Gasteiger charge is 2.72. The molecule has 3 saturated carbocycles. The number of hydrogen-bond acceptors (Lipinski definition) is 4. The smallest absolute Gasteiger partial charge is 0.236 e. The van der Waals surface area contributed by atoms with Crippen molar-refractivity contribution in [1.29, 1.82) is 0 Å². The normalized spacial score (nSPS) is 49.3. The van der Waals surface area contributed by atoms with Crippen LogP contribution in [0.2, 0.25) is 0 Å². The Labute approximate surface area is 207 Å². The first-order chi connectivity index (χ1) is 16.9. The molecule has 4 fully saturated rings. The summed E-state index contributed by atoms with van der Waals surface area (Å²) in [6.07, 6.45) is 11.3. The number of carbonyl (C=O) groups excluding carboxylic acids is 2. The molecule has 7 aliphatic rings. The number of ketones is 1. The van der Waals surface area contributed by atoms with E-state index in [2.05, 4.69) is 31.0 Å². The van der Waals surface area contributed by atoms with Crippen LogP contribution >= 0.6 is 0 Å². The van der Waals surface area contributed by atoms with E-state index in [-0.39, 0.29) is 41.5 Å². The van der Waals surface area contributed by atoms with Crippen molar-refractivity contribution in [1.82, 2.24) is 5.32 Å². The third-order valence-corrected chi connectivity index (χ3v) is 10.8. The van der Waals surface area contributed by atoms with Crippen LogP contribution in [0.15, 0.2) is 49.1 Å². The van der Waals surface area contributed by atoms with Crippen LogP contribution in [0.1, 0.15) is 44.6 Å². The largest absolute Gasteiger partial charge is 0.490 e. The SMILES string of the molecule is C=C[C@H]1C=C[C@H]2[C@@H]3C[C@H](C)CC[C@H]3[C@@H]3Oc4ccc(cc4)C[C@]4(O)NC(=O)[C@@]5(CC[C@H]54)C(=O)[C@@H]1[C@H]23. The van der Waals surface area contributed by atoms with Crippen LogP contribution < -0.4 is 10.1 Å². The molecule has 0 spiro atoms. The molecule has 2 N–H and O–H groups in total. The van der Waals surface area contributed by atoms with E-state index in [0.717, 1.165) is 24.2 Å². The van der Waals surface area contributed by atoms with Gasteiger partial charge in [0.05, 0.1) is 0 Å². The molecule has 0 aromatic heterocycles. The molecule has 0 unspecified atom stereocenters. The Hall–Kier alpha value is -2.40. The maximum atomic E-state index is 14.7. The number of carbonyl (C=O) groups is 2. The van der Waals surface area contributed by atoms with Gasteiger partial charge in [0, 0.05) is 30.1 Å². The van der Waals surface area contributed by atoms with Crippen molar-refractivity contribution in [2.24, 2.45) is 52.8 Å². The number of fused-ring (bicyclic) bond motifs is 4. The number of Topliss-reactive ketones (excluding diaryl/α,β-unsaturated/α-hetero) is 1. The van der Waals surface area contributed by atoms with Crippen molar-refractivity contribution in [2.45, 2.75) is 57.3 Å². The van der Waals surface area contributed by atoms with E-state index in [1.165, 1.54) is 6.42 Å². The van der Waals surface area contributed by atoms with Gasteiger partial charge in [-0.1, -0.05) is 43.7 Å². The second-order valence-corrected chi connectivity index (χ2v) is 12.3. The lowest BCUT2D eigenvalue weighted by Crippen LogP contribution is -2.58. The van der Waals surface area contributed by atoms with Gasteiger partial charge in [-0.05, 0) is 67.1 Å². The lowest BCUT2D eigenvalue weighted by Gasteiger charge is -2.49. The Morgan fingerprint density at radius 1 is 1.11 bits per heavy atom. The second-order valence-electron chi connectivity index (χ2n) is 12.3. The summed E-state index contributed by atoms with van der Waals surface area (Å²) < 4.78 is 6.81. The summed E-state index contributed by atoms with van der Waals surface area (Å²) in [6, 6.07) is 7.98. The lowest BCUT2D eigenvalue weighted by atomic mass is 9.51. The van der Waals surface area contributed by atoms with E-state index in [4.69, 9.17) is 4.74 Å². The van der Waals surface area contributed by atoms with E-state index in [9.17, 15) is 14.7 Å². The lowest BCUT2D eigenvalue weighted by molar-refractivity contribution is -0.160. The van der Waals surface area contributed by atoms with Gasteiger partial charge in [-0.3, -0.25) is 9.59 Å². The summed E-state index contributed by atoms with van der Waals surface area (Å²) in [5.41, 5.74) is -1.60. The Kier molecular flexibility index (Phi) is 4.57. The van der Waals surface area contributed by atoms with Gasteiger partial charge in [0.1, 0.15) is 23.0 Å². The number of nitrogens with one attached hydrogen (secondary N) is 1. The molecular formula is C30H35NO4. The van der Waals surface area contributed by atoms with Crippen LogP contribution in [-0.2, 0) is 16.0 Å². The average Bonchev–Trinajstić information content (AvgIpc) is 3.18. The molecule has 3 heterocycles. The van der Waals surface area contributed by atoms with E-state index in [1.807, 2.05) is 30.3 Å². The monoisotopic (exact) mass is 473 g/mol. The predicted molar refractivity (Wildman–Crippen MR) is 131 cm³/mol. The third kappa shape index (κ3) is 2.79. The minimum atomic E-state index is -1.40. The summed E-state index contributed by atoms with van der Waals surface area (Å²) in [7, 11) is 0. The summed E-state index contributed by atoms with van der Waals surface area (Å²) >= 11 is 0. The van der Waals surface area contributed by atoms with Crippen molar-refractivity contribution in [3.63, 3.8) is 0 Å². The number of rotatable bonds is 1. The van der Waals surface area contributed by atoms with Crippen molar-refractivity contribution in [2.75, 3.05) is 0 Å². The van der Waals surface area contributed by atoms with E-state index >= 15 is 0 Å². The molecule has 3 aliphatic heterocycles. The number of allylic oxidation sites excluding steroid dienone is 3. The summed E-state index contributed by atoms with van der Waals surface area (Å²) in [5, 5.41) is 14.6. The molecule has 4 bridgehead atoms. The Morgan fingerprint density at radius 2 is 1.91 bits per heavy atom. The summed E-state index contributed by atoms with van der Waals surface area (Å²) in [4.78, 5) is 28.2. The predicted octanol–water partition coefficient (Wildman–Crippen LogP) is 4.06. The van der Waals surface area contributed by atoms with Crippen molar-refractivity contribution < 1.29 is 19.4 Å². The molecule has 0 radical (unpaired) electrons. The molecule has 11 atom stereocenters. The zero-order valence-corrected chi connectivity index (χ0v) is 20.4. The van der Waals surface area contributed by atoms with E-state index in [1.54, 1.807) is 0 Å². The van der Waals surface area contributed by atoms with Crippen LogP contribution in [0.25, 0.3) is 0 Å². The highest BCUT2D eigenvalue weighted by atomic mass is 16.5. The molecule has 1 aromatic rings. The molecule has 4 aliphatic carbocycles. The summed E-state index contributed by atoms with van der Waals surface area (Å²) in [6.45, 7) is 6.43. The van der Waals surface area contributed by atoms with E-state index < -0.39 is 17.1 Å². The maximum Gasteiger partial charge on any atom is 0.236 e. The maximum absolute atomic E-state index is 14.7. The fourth-order valence-electron chi connectivity index (χ4n) is 9.09. The molecule has 8 rings (SSSR count). The van der Waals surface area contributed by atoms with Gasteiger partial charge in [-0.15, -0.1) is 6.58 Å². The van der Waals surface area contributed by atoms with Crippen molar-refractivity contribution in [3.05, 3.63) is 54.6 Å². The Bertz CT molecular complexity index is 1130. The highest BCUT2D eigenvalue weighted by Crippen LogP contribution is 2.63. The molecule has 1 saturated heterocycles. The number of hydrogen-bond donors (Lipinski definition) is 2. The molecule has 35 heavy (non-hydrogen) atoms. The molecule has 5 nitrogen and oxygen atoms in total. The van der Waals surface area contributed by atoms with Crippen LogP contribution in [-0.4, -0.2) is 28.6 Å². The zero-order chi connectivity index (χ0) is 24.1. The standard InChI is InChI=1S/C30H35NO4/c1-3-18-7-11-20-22-14-16(2)4-10-21(22)26-25(20)24(18)27(32)29-13-12-23(29)30(34,31-28(29)33)15-17-5-8-19(35-26)9-6-17/h3,5-9,11,16,18,20-26,34H,1,4,10,12-15H2,2H3,(H,31,33)/t16-,18+,20+,21-,22+,23-,24+,25+,26+,29-,30-/m1/s1. The van der Waals surface area contributed by atoms with E-state index in [0.29, 0.717) is 37.0 Å². The molecule has 184 valence electrons. The number of benzene rings is 1. The molecule has 5 heteroatoms. The minimum absolute atomic E-state index is 0.00773. The zero-order valence-electron chi connectivity index (χ0n) is 20.4. The molecule has 1 amide bonds. The van der Waals surface area contributed by atoms with Crippen molar-refractivity contribution >= 4 is 11.7 Å². The van der Waals surface area contributed by atoms with Crippen LogP contribution in [0.4, 0.5) is 0 Å². The fourth-order valence-corrected chi connectivity index (χ4v) is 9.09. The quantitative estimate of drug-likeness (QED) is 0.477. The van der Waals surface area contributed by atoms with Gasteiger partial charge in [0.2, 0.25) is 5.91 Å². The first kappa shape index (κ1) is 21.8. The first-order valence-electron chi connectivity index (χ1n) is 13.5. The van der Waals surface area contributed by atoms with Crippen LogP contribution in [0.3, 0.4) is 0 Å². The van der Waals surface area contributed by atoms with Gasteiger partial charge in [-0.25, -0.2) is 0 Å². The topological polar surface area (TPSA) is 75.6 Å². The number of ether oxygens (including phenoxy) is 1. The Balaban J connectivity index is 1.41.